The Kier molecular flexibility index (Phi) is 33.2. The zero-order chi connectivity index (χ0) is 37.8. The molecular weight excluding hydrogens is 673 g/mol. The van der Waals surface area contributed by atoms with Crippen LogP contribution in [-0.4, -0.2) is 59.9 Å². The lowest BCUT2D eigenvalue weighted by atomic mass is 10.1. The van der Waals surface area contributed by atoms with Crippen molar-refractivity contribution in [1.82, 2.24) is 0 Å². The molecule has 0 fully saturated rings. The number of phosphoric acid groups is 1. The molecule has 4 N–H and O–H groups in total. The highest BCUT2D eigenvalue weighted by atomic mass is 31.2. The lowest BCUT2D eigenvalue weighted by molar-refractivity contribution is -0.161. The van der Waals surface area contributed by atoms with Gasteiger partial charge in [-0.25, -0.2) is 4.57 Å². The first-order chi connectivity index (χ1) is 24.6. The lowest BCUT2D eigenvalue weighted by Gasteiger charge is -2.20. The minimum atomic E-state index is -4.71. The summed E-state index contributed by atoms with van der Waals surface area (Å²) in [6.07, 6.45) is 35.0. The molecule has 0 aliphatic rings. The Labute approximate surface area is 308 Å². The maximum absolute atomic E-state index is 12.5. The summed E-state index contributed by atoms with van der Waals surface area (Å²) in [5.74, 6) is -2.41. The lowest BCUT2D eigenvalue weighted by Crippen LogP contribution is -2.34. The van der Waals surface area contributed by atoms with Crippen LogP contribution in [0.3, 0.4) is 0 Å². The number of hydrogen-bond acceptors (Lipinski definition) is 9. The maximum Gasteiger partial charge on any atom is 0.472 e. The summed E-state index contributed by atoms with van der Waals surface area (Å²) in [5, 5.41) is 8.86. The van der Waals surface area contributed by atoms with Gasteiger partial charge in [0.05, 0.1) is 13.2 Å². The molecule has 0 heterocycles. The molecule has 3 atom stereocenters. The maximum atomic E-state index is 12.5. The van der Waals surface area contributed by atoms with E-state index in [-0.39, 0.29) is 19.4 Å². The highest BCUT2D eigenvalue weighted by Gasteiger charge is 2.28. The van der Waals surface area contributed by atoms with E-state index in [4.69, 9.17) is 24.8 Å². The van der Waals surface area contributed by atoms with E-state index in [9.17, 15) is 23.8 Å². The van der Waals surface area contributed by atoms with Crippen LogP contribution < -0.4 is 5.73 Å². The van der Waals surface area contributed by atoms with E-state index in [2.05, 4.69) is 54.8 Å². The second kappa shape index (κ2) is 34.8. The number of aliphatic carboxylic acids is 1. The van der Waals surface area contributed by atoms with Gasteiger partial charge in [-0.3, -0.25) is 23.4 Å². The number of unbranched alkanes of at least 4 members (excludes halogenated alkanes) is 16. The largest absolute Gasteiger partial charge is 0.480 e. The fourth-order valence-corrected chi connectivity index (χ4v) is 5.75. The van der Waals surface area contributed by atoms with Crippen molar-refractivity contribution in [2.75, 3.05) is 19.8 Å². The number of rotatable bonds is 36. The smallest absolute Gasteiger partial charge is 0.472 e. The van der Waals surface area contributed by atoms with E-state index in [0.29, 0.717) is 12.8 Å². The molecule has 0 saturated heterocycles. The van der Waals surface area contributed by atoms with E-state index < -0.39 is 51.1 Å². The van der Waals surface area contributed by atoms with Gasteiger partial charge in [0.25, 0.3) is 0 Å². The van der Waals surface area contributed by atoms with E-state index in [1.54, 1.807) is 0 Å². The molecule has 12 heteroatoms. The van der Waals surface area contributed by atoms with Crippen molar-refractivity contribution in [3.63, 3.8) is 0 Å². The fraction of sp³-hybridized carbons (Fsp3) is 0.769. The summed E-state index contributed by atoms with van der Waals surface area (Å²) < 4.78 is 32.5. The number of carbonyl (C=O) groups is 3. The predicted molar refractivity (Wildman–Crippen MR) is 203 cm³/mol. The van der Waals surface area contributed by atoms with Crippen molar-refractivity contribution in [2.24, 2.45) is 5.73 Å². The van der Waals surface area contributed by atoms with Crippen molar-refractivity contribution in [3.8, 4) is 0 Å². The normalized spacial score (nSPS) is 14.3. The van der Waals surface area contributed by atoms with Crippen LogP contribution in [0.4, 0.5) is 0 Å². The summed E-state index contributed by atoms with van der Waals surface area (Å²) in [4.78, 5) is 45.7. The molecule has 0 bridgehead atoms. The molecular formula is C39H70NO10P. The number of nitrogens with two attached hydrogens (primary N) is 1. The first kappa shape index (κ1) is 48.7. The standard InChI is InChI=1S/C39H70NO10P/c1-3-5-7-9-11-13-15-17-18-19-21-22-24-26-28-30-37(41)47-32-35(33-48-51(45,46)49-34-36(40)39(43)44)50-38(42)31-29-27-25-23-20-16-14-12-10-8-6-4-2/h11-14,17-18,35-36H,3-10,15-16,19-34,40H2,1-2H3,(H,43,44)(H,45,46)/b13-11-,14-12-,18-17-/t35-,36+/m1/s1. The van der Waals surface area contributed by atoms with Crippen LogP contribution in [0.2, 0.25) is 0 Å². The second-order valence-corrected chi connectivity index (χ2v) is 14.5. The molecule has 0 aromatic carbocycles. The highest BCUT2D eigenvalue weighted by Crippen LogP contribution is 2.43. The number of carboxylic acids is 1. The highest BCUT2D eigenvalue weighted by molar-refractivity contribution is 7.47. The summed E-state index contributed by atoms with van der Waals surface area (Å²) in [7, 11) is -4.71. The number of carboxylic acid groups (broad SMARTS) is 1. The van der Waals surface area contributed by atoms with Crippen LogP contribution >= 0.6 is 7.82 Å². The van der Waals surface area contributed by atoms with Gasteiger partial charge in [-0.2, -0.15) is 0 Å². The van der Waals surface area contributed by atoms with Crippen molar-refractivity contribution in [1.29, 1.82) is 0 Å². The molecule has 0 spiro atoms. The molecule has 0 aliphatic carbocycles. The van der Waals surface area contributed by atoms with Crippen LogP contribution in [0, 0.1) is 0 Å². The van der Waals surface area contributed by atoms with E-state index in [0.717, 1.165) is 83.5 Å². The van der Waals surface area contributed by atoms with Crippen LogP contribution in [0.5, 0.6) is 0 Å². The summed E-state index contributed by atoms with van der Waals surface area (Å²) in [6.45, 7) is 2.70. The van der Waals surface area contributed by atoms with Crippen LogP contribution in [0.15, 0.2) is 36.5 Å². The zero-order valence-electron chi connectivity index (χ0n) is 31.7. The number of phosphoric ester groups is 1. The van der Waals surface area contributed by atoms with E-state index in [1.807, 2.05) is 0 Å². The molecule has 0 aliphatic heterocycles. The van der Waals surface area contributed by atoms with Crippen LogP contribution in [0.1, 0.15) is 162 Å². The van der Waals surface area contributed by atoms with Gasteiger partial charge >= 0.3 is 25.7 Å². The van der Waals surface area contributed by atoms with Crippen molar-refractivity contribution in [2.45, 2.75) is 174 Å². The zero-order valence-corrected chi connectivity index (χ0v) is 32.6. The van der Waals surface area contributed by atoms with E-state index in [1.165, 1.54) is 38.5 Å². The third-order valence-corrected chi connectivity index (χ3v) is 9.06. The molecule has 296 valence electrons. The van der Waals surface area contributed by atoms with Gasteiger partial charge in [0, 0.05) is 12.8 Å². The molecule has 11 nitrogen and oxygen atoms in total. The number of esters is 2. The Hall–Kier alpha value is -2.30. The average Bonchev–Trinajstić information content (AvgIpc) is 3.10. The monoisotopic (exact) mass is 743 g/mol. The molecule has 0 aromatic rings. The van der Waals surface area contributed by atoms with Gasteiger partial charge in [-0.05, 0) is 70.6 Å². The molecule has 0 saturated carbocycles. The first-order valence-electron chi connectivity index (χ1n) is 19.5. The number of ether oxygens (including phenoxy) is 2. The van der Waals surface area contributed by atoms with Crippen molar-refractivity contribution < 1.29 is 47.5 Å². The Morgan fingerprint density at radius 3 is 1.55 bits per heavy atom. The van der Waals surface area contributed by atoms with Gasteiger partial charge < -0.3 is 25.2 Å². The van der Waals surface area contributed by atoms with Crippen LogP contribution in [-0.2, 0) is 37.5 Å². The second-order valence-electron chi connectivity index (χ2n) is 13.1. The SMILES string of the molecule is CCCCC/C=C\C/C=C\CCCCCCCC(=O)OC[C@H](COP(=O)(O)OC[C@H](N)C(=O)O)OC(=O)CCCCCCC/C=C\CCCCC. The molecule has 0 rings (SSSR count). The minimum Gasteiger partial charge on any atom is -0.480 e. The summed E-state index contributed by atoms with van der Waals surface area (Å²) >= 11 is 0. The van der Waals surface area contributed by atoms with E-state index >= 15 is 0 Å². The van der Waals surface area contributed by atoms with Gasteiger partial charge in [-0.15, -0.1) is 0 Å². The fourth-order valence-electron chi connectivity index (χ4n) is 4.97. The Balaban J connectivity index is 4.46. The van der Waals surface area contributed by atoms with Gasteiger partial charge in [0.2, 0.25) is 0 Å². The number of hydrogen-bond donors (Lipinski definition) is 3. The van der Waals surface area contributed by atoms with Gasteiger partial charge in [-0.1, -0.05) is 115 Å². The van der Waals surface area contributed by atoms with Gasteiger partial charge in [0.15, 0.2) is 6.10 Å². The predicted octanol–water partition coefficient (Wildman–Crippen LogP) is 9.67. The summed E-state index contributed by atoms with van der Waals surface area (Å²) in [6, 6.07) is -1.52. The number of carbonyl (C=O) groups excluding carboxylic acids is 2. The topological polar surface area (TPSA) is 172 Å². The molecule has 1 unspecified atom stereocenters. The molecule has 0 aromatic heterocycles. The van der Waals surface area contributed by atoms with Crippen LogP contribution in [0.25, 0.3) is 0 Å². The van der Waals surface area contributed by atoms with Crippen molar-refractivity contribution in [3.05, 3.63) is 36.5 Å². The minimum absolute atomic E-state index is 0.147. The van der Waals surface area contributed by atoms with Crippen molar-refractivity contribution >= 4 is 25.7 Å². The Morgan fingerprint density at radius 2 is 1.04 bits per heavy atom. The third kappa shape index (κ3) is 34.5. The average molecular weight is 744 g/mol. The third-order valence-electron chi connectivity index (χ3n) is 8.11. The Morgan fingerprint density at radius 1 is 0.608 bits per heavy atom. The Bertz CT molecular complexity index is 1020. The molecule has 51 heavy (non-hydrogen) atoms. The number of allylic oxidation sites excluding steroid dienone is 6. The molecule has 0 amide bonds. The first-order valence-corrected chi connectivity index (χ1v) is 21.0. The molecule has 0 radical (unpaired) electrons. The van der Waals surface area contributed by atoms with Gasteiger partial charge in [0.1, 0.15) is 12.6 Å². The quantitative estimate of drug-likeness (QED) is 0.0241. The summed E-state index contributed by atoms with van der Waals surface area (Å²) in [5.41, 5.74) is 5.31.